The molecule has 0 aromatic heterocycles. The van der Waals surface area contributed by atoms with Crippen molar-refractivity contribution < 1.29 is 9.59 Å². The van der Waals surface area contributed by atoms with Crippen molar-refractivity contribution in [2.45, 2.75) is 77.3 Å². The van der Waals surface area contributed by atoms with Crippen molar-refractivity contribution >= 4 is 46.0 Å². The number of halogens is 2. The third-order valence-corrected chi connectivity index (χ3v) is 9.34. The highest BCUT2D eigenvalue weighted by Crippen LogP contribution is 2.34. The SMILES string of the molecule is CCCN(C(C)=O)C1CCN(CCC(C)(C(=O)NC(CC)c2ccccc2)c2ccc(I)c(Cl)c2)CC1. The highest BCUT2D eigenvalue weighted by atomic mass is 127. The fourth-order valence-corrected chi connectivity index (χ4v) is 5.84. The van der Waals surface area contributed by atoms with E-state index < -0.39 is 5.41 Å². The number of likely N-dealkylation sites (tertiary alicyclic amines) is 1. The molecule has 0 aliphatic carbocycles. The van der Waals surface area contributed by atoms with Crippen LogP contribution in [0.25, 0.3) is 0 Å². The lowest BCUT2D eigenvalue weighted by Crippen LogP contribution is -2.49. The predicted molar refractivity (Wildman–Crippen MR) is 161 cm³/mol. The molecule has 37 heavy (non-hydrogen) atoms. The summed E-state index contributed by atoms with van der Waals surface area (Å²) in [4.78, 5) is 30.6. The lowest BCUT2D eigenvalue weighted by Gasteiger charge is -2.39. The van der Waals surface area contributed by atoms with Crippen molar-refractivity contribution in [1.29, 1.82) is 0 Å². The minimum absolute atomic E-state index is 0.0288. The molecule has 5 nitrogen and oxygen atoms in total. The number of benzene rings is 2. The number of hydrogen-bond acceptors (Lipinski definition) is 3. The molecule has 1 aliphatic heterocycles. The zero-order valence-electron chi connectivity index (χ0n) is 22.6. The van der Waals surface area contributed by atoms with Gasteiger partial charge in [-0.2, -0.15) is 0 Å². The number of piperidine rings is 1. The predicted octanol–water partition coefficient (Wildman–Crippen LogP) is 6.58. The second-order valence-electron chi connectivity index (χ2n) is 10.3. The number of amides is 2. The zero-order chi connectivity index (χ0) is 27.0. The van der Waals surface area contributed by atoms with Crippen LogP contribution in [0.2, 0.25) is 5.02 Å². The van der Waals surface area contributed by atoms with Crippen molar-refractivity contribution in [3.8, 4) is 0 Å². The number of rotatable bonds is 11. The quantitative estimate of drug-likeness (QED) is 0.283. The molecule has 1 N–H and O–H groups in total. The molecule has 0 bridgehead atoms. The summed E-state index contributed by atoms with van der Waals surface area (Å²) >= 11 is 8.74. The maximum atomic E-state index is 13.9. The van der Waals surface area contributed by atoms with E-state index in [0.29, 0.717) is 17.5 Å². The lowest BCUT2D eigenvalue weighted by molar-refractivity contribution is -0.132. The molecule has 2 aromatic carbocycles. The van der Waals surface area contributed by atoms with E-state index in [4.69, 9.17) is 11.6 Å². The van der Waals surface area contributed by atoms with Crippen molar-refractivity contribution in [3.63, 3.8) is 0 Å². The Labute approximate surface area is 241 Å². The molecule has 0 radical (unpaired) electrons. The molecule has 1 aliphatic rings. The van der Waals surface area contributed by atoms with Gasteiger partial charge in [0.25, 0.3) is 0 Å². The Hall–Kier alpha value is -1.64. The summed E-state index contributed by atoms with van der Waals surface area (Å²) in [5.74, 6) is 0.199. The van der Waals surface area contributed by atoms with E-state index in [1.807, 2.05) is 48.2 Å². The fraction of sp³-hybridized carbons (Fsp3) is 0.533. The van der Waals surface area contributed by atoms with Crippen molar-refractivity contribution in [1.82, 2.24) is 15.1 Å². The van der Waals surface area contributed by atoms with Crippen LogP contribution in [0.3, 0.4) is 0 Å². The van der Waals surface area contributed by atoms with Crippen LogP contribution < -0.4 is 5.32 Å². The van der Waals surface area contributed by atoms with Crippen molar-refractivity contribution in [2.75, 3.05) is 26.2 Å². The summed E-state index contributed by atoms with van der Waals surface area (Å²) in [6.45, 7) is 11.5. The van der Waals surface area contributed by atoms with Gasteiger partial charge in [0.1, 0.15) is 0 Å². The van der Waals surface area contributed by atoms with Gasteiger partial charge in [0, 0.05) is 36.2 Å². The van der Waals surface area contributed by atoms with E-state index >= 15 is 0 Å². The number of nitrogens with one attached hydrogen (secondary N) is 1. The third kappa shape index (κ3) is 7.70. The van der Waals surface area contributed by atoms with Gasteiger partial charge < -0.3 is 15.1 Å². The molecule has 7 heteroatoms. The molecule has 2 atom stereocenters. The Balaban J connectivity index is 1.75. The van der Waals surface area contributed by atoms with Gasteiger partial charge in [-0.05, 0) is 91.4 Å². The molecule has 202 valence electrons. The Kier molecular flexibility index (Phi) is 11.3. The highest BCUT2D eigenvalue weighted by molar-refractivity contribution is 14.1. The average molecular weight is 638 g/mol. The second kappa shape index (κ2) is 13.9. The van der Waals surface area contributed by atoms with Crippen molar-refractivity contribution in [2.24, 2.45) is 0 Å². The summed E-state index contributed by atoms with van der Waals surface area (Å²) in [5, 5.41) is 4.02. The van der Waals surface area contributed by atoms with Crippen LogP contribution in [0.1, 0.15) is 77.0 Å². The first kappa shape index (κ1) is 29.9. The molecular formula is C30H41ClIN3O2. The van der Waals surface area contributed by atoms with Gasteiger partial charge in [0.15, 0.2) is 0 Å². The maximum absolute atomic E-state index is 13.9. The number of hydrogen-bond donors (Lipinski definition) is 1. The van der Waals surface area contributed by atoms with Crippen LogP contribution >= 0.6 is 34.2 Å². The Morgan fingerprint density at radius 1 is 1.16 bits per heavy atom. The molecular weight excluding hydrogens is 597 g/mol. The first-order chi connectivity index (χ1) is 17.7. The van der Waals surface area contributed by atoms with Gasteiger partial charge in [-0.1, -0.05) is 61.8 Å². The summed E-state index contributed by atoms with van der Waals surface area (Å²) in [5.41, 5.74) is 1.34. The Morgan fingerprint density at radius 3 is 2.41 bits per heavy atom. The van der Waals surface area contributed by atoms with Crippen molar-refractivity contribution in [3.05, 3.63) is 68.3 Å². The maximum Gasteiger partial charge on any atom is 0.230 e. The van der Waals surface area contributed by atoms with E-state index in [2.05, 4.69) is 58.8 Å². The molecule has 3 rings (SSSR count). The summed E-state index contributed by atoms with van der Waals surface area (Å²) in [7, 11) is 0. The summed E-state index contributed by atoms with van der Waals surface area (Å²) in [6.07, 6.45) is 4.44. The first-order valence-corrected chi connectivity index (χ1v) is 15.0. The Bertz CT molecular complexity index is 1040. The molecule has 0 spiro atoms. The van der Waals surface area contributed by atoms with Gasteiger partial charge in [-0.3, -0.25) is 9.59 Å². The van der Waals surface area contributed by atoms with E-state index in [1.54, 1.807) is 6.92 Å². The van der Waals surface area contributed by atoms with Crippen LogP contribution in [-0.2, 0) is 15.0 Å². The molecule has 1 heterocycles. The molecule has 1 fully saturated rings. The summed E-state index contributed by atoms with van der Waals surface area (Å²) < 4.78 is 0.977. The van der Waals surface area contributed by atoms with Crippen LogP contribution in [0.4, 0.5) is 0 Å². The lowest BCUT2D eigenvalue weighted by atomic mass is 9.77. The molecule has 2 aromatic rings. The fourth-order valence-electron chi connectivity index (χ4n) is 5.33. The average Bonchev–Trinajstić information content (AvgIpc) is 2.91. The molecule has 0 saturated carbocycles. The van der Waals surface area contributed by atoms with E-state index in [-0.39, 0.29) is 17.9 Å². The topological polar surface area (TPSA) is 52.7 Å². The van der Waals surface area contributed by atoms with E-state index in [9.17, 15) is 9.59 Å². The van der Waals surface area contributed by atoms with Crippen LogP contribution in [0.15, 0.2) is 48.5 Å². The molecule has 1 saturated heterocycles. The zero-order valence-corrected chi connectivity index (χ0v) is 25.5. The van der Waals surface area contributed by atoms with E-state index in [0.717, 1.165) is 66.6 Å². The second-order valence-corrected chi connectivity index (χ2v) is 11.9. The smallest absolute Gasteiger partial charge is 0.230 e. The summed E-state index contributed by atoms with van der Waals surface area (Å²) in [6, 6.07) is 16.4. The number of carbonyl (C=O) groups excluding carboxylic acids is 2. The third-order valence-electron chi connectivity index (χ3n) is 7.77. The number of nitrogens with zero attached hydrogens (tertiary/aromatic N) is 2. The standard InChI is InChI=1S/C30H41ClIN3O2/c1-5-17-35(22(3)36)25-14-18-34(19-15-25)20-16-30(4,24-12-13-27(32)26(31)21-24)29(37)33-28(6-2)23-10-8-7-9-11-23/h7-13,21,25,28H,5-6,14-20H2,1-4H3,(H,33,37). The largest absolute Gasteiger partial charge is 0.349 e. The monoisotopic (exact) mass is 637 g/mol. The highest BCUT2D eigenvalue weighted by Gasteiger charge is 2.37. The molecule has 2 amide bonds. The first-order valence-electron chi connectivity index (χ1n) is 13.5. The minimum atomic E-state index is -0.722. The van der Waals surface area contributed by atoms with Gasteiger partial charge in [0.2, 0.25) is 11.8 Å². The van der Waals surface area contributed by atoms with Crippen LogP contribution in [0, 0.1) is 3.57 Å². The van der Waals surface area contributed by atoms with Gasteiger partial charge in [-0.15, -0.1) is 0 Å². The Morgan fingerprint density at radius 2 is 1.84 bits per heavy atom. The van der Waals surface area contributed by atoms with E-state index in [1.165, 1.54) is 0 Å². The minimum Gasteiger partial charge on any atom is -0.349 e. The van der Waals surface area contributed by atoms with Gasteiger partial charge in [0.05, 0.1) is 16.5 Å². The van der Waals surface area contributed by atoms with Crippen LogP contribution in [0.5, 0.6) is 0 Å². The normalized spacial score (nSPS) is 17.1. The molecule has 2 unspecified atom stereocenters. The van der Waals surface area contributed by atoms with Gasteiger partial charge in [-0.25, -0.2) is 0 Å². The number of carbonyl (C=O) groups is 2. The van der Waals surface area contributed by atoms with Gasteiger partial charge >= 0.3 is 0 Å². The van der Waals surface area contributed by atoms with Crippen LogP contribution in [-0.4, -0.2) is 53.8 Å².